The van der Waals surface area contributed by atoms with Crippen LogP contribution in [-0.4, -0.2) is 22.3 Å². The van der Waals surface area contributed by atoms with Gasteiger partial charge in [0.05, 0.1) is 23.6 Å². The molecule has 136 valence electrons. The number of rotatable bonds is 6. The Kier molecular flexibility index (Phi) is 5.06. The lowest BCUT2D eigenvalue weighted by atomic mass is 10.1. The second-order valence-corrected chi connectivity index (χ2v) is 5.96. The average molecular weight is 357 g/mol. The molecule has 0 fully saturated rings. The normalized spacial score (nSPS) is 12.1. The highest BCUT2D eigenvalue weighted by Gasteiger charge is 2.14. The minimum atomic E-state index is -0.475. The monoisotopic (exact) mass is 357 g/mol. The Labute approximate surface area is 149 Å². The molecular formula is C19H20FN3O3. The first-order valence-corrected chi connectivity index (χ1v) is 8.38. The number of amides is 1. The minimum Gasteiger partial charge on any atom is -0.491 e. The third kappa shape index (κ3) is 3.61. The van der Waals surface area contributed by atoms with Crippen molar-refractivity contribution in [3.8, 4) is 5.75 Å². The fourth-order valence-corrected chi connectivity index (χ4v) is 2.79. The van der Waals surface area contributed by atoms with Crippen molar-refractivity contribution in [1.29, 1.82) is 0 Å². The third-order valence-electron chi connectivity index (χ3n) is 4.09. The Balaban J connectivity index is 1.70. The fraction of sp³-hybridized carbons (Fsp3) is 0.263. The van der Waals surface area contributed by atoms with E-state index in [1.54, 1.807) is 44.2 Å². The summed E-state index contributed by atoms with van der Waals surface area (Å²) in [5.74, 6) is -0.642. The molecule has 0 saturated carbocycles. The molecule has 1 atom stereocenters. The zero-order valence-corrected chi connectivity index (χ0v) is 14.6. The molecule has 1 aromatic heterocycles. The van der Waals surface area contributed by atoms with E-state index in [0.29, 0.717) is 23.1 Å². The molecule has 0 bridgehead atoms. The van der Waals surface area contributed by atoms with Crippen LogP contribution in [0.5, 0.6) is 5.75 Å². The number of nitrogens with zero attached hydrogens (tertiary/aromatic N) is 1. The fourth-order valence-electron chi connectivity index (χ4n) is 2.79. The van der Waals surface area contributed by atoms with Crippen molar-refractivity contribution in [2.75, 3.05) is 6.61 Å². The van der Waals surface area contributed by atoms with Gasteiger partial charge in [-0.1, -0.05) is 18.2 Å². The lowest BCUT2D eigenvalue weighted by Crippen LogP contribution is -2.33. The number of aromatic nitrogens is 2. The summed E-state index contributed by atoms with van der Waals surface area (Å²) < 4.78 is 20.4. The smallest absolute Gasteiger partial charge is 0.274 e. The number of H-pyrrole nitrogens is 1. The standard InChI is InChI=1S/C19H20FN3O3/c1-3-26-17-9-8-13(10-15(17)20)12(2)21-18(24)11-23-19(25)14-6-4-5-7-16(14)22-23/h4-10,12,22H,3,11H2,1-2H3,(H,21,24)/t12-/m0/s1. The van der Waals surface area contributed by atoms with Crippen molar-refractivity contribution in [2.24, 2.45) is 0 Å². The number of benzene rings is 2. The molecule has 0 aliphatic heterocycles. The number of fused-ring (bicyclic) bond motifs is 1. The maximum atomic E-state index is 14.0. The quantitative estimate of drug-likeness (QED) is 0.712. The van der Waals surface area contributed by atoms with E-state index in [2.05, 4.69) is 10.4 Å². The van der Waals surface area contributed by atoms with Crippen LogP contribution in [-0.2, 0) is 11.3 Å². The van der Waals surface area contributed by atoms with Crippen LogP contribution in [0, 0.1) is 5.82 Å². The molecule has 2 aromatic carbocycles. The van der Waals surface area contributed by atoms with Crippen LogP contribution < -0.4 is 15.6 Å². The number of ether oxygens (including phenoxy) is 1. The molecule has 6 nitrogen and oxygen atoms in total. The number of hydrogen-bond acceptors (Lipinski definition) is 3. The lowest BCUT2D eigenvalue weighted by molar-refractivity contribution is -0.122. The van der Waals surface area contributed by atoms with Gasteiger partial charge in [0.25, 0.3) is 5.56 Å². The zero-order chi connectivity index (χ0) is 18.7. The Morgan fingerprint density at radius 3 is 2.77 bits per heavy atom. The molecule has 0 saturated heterocycles. The third-order valence-corrected chi connectivity index (χ3v) is 4.09. The number of para-hydroxylation sites is 1. The number of carbonyl (C=O) groups is 1. The predicted molar refractivity (Wildman–Crippen MR) is 96.7 cm³/mol. The van der Waals surface area contributed by atoms with Crippen molar-refractivity contribution >= 4 is 16.8 Å². The molecule has 1 amide bonds. The maximum Gasteiger partial charge on any atom is 0.274 e. The molecule has 3 rings (SSSR count). The van der Waals surface area contributed by atoms with E-state index in [-0.39, 0.29) is 23.8 Å². The van der Waals surface area contributed by atoms with Gasteiger partial charge in [0, 0.05) is 0 Å². The van der Waals surface area contributed by atoms with E-state index >= 15 is 0 Å². The Bertz CT molecular complexity index is 993. The van der Waals surface area contributed by atoms with Gasteiger partial charge in [0.1, 0.15) is 6.54 Å². The first-order valence-electron chi connectivity index (χ1n) is 8.38. The van der Waals surface area contributed by atoms with Crippen molar-refractivity contribution in [3.63, 3.8) is 0 Å². The average Bonchev–Trinajstić information content (AvgIpc) is 2.93. The Hall–Kier alpha value is -3.09. The molecular weight excluding hydrogens is 337 g/mol. The summed E-state index contributed by atoms with van der Waals surface area (Å²) in [6, 6.07) is 11.2. The van der Waals surface area contributed by atoms with Crippen LogP contribution in [0.2, 0.25) is 0 Å². The van der Waals surface area contributed by atoms with Gasteiger partial charge in [-0.3, -0.25) is 14.7 Å². The second kappa shape index (κ2) is 7.43. The van der Waals surface area contributed by atoms with E-state index < -0.39 is 11.9 Å². The highest BCUT2D eigenvalue weighted by Crippen LogP contribution is 2.22. The van der Waals surface area contributed by atoms with Crippen molar-refractivity contribution in [3.05, 3.63) is 64.2 Å². The number of halogens is 1. The number of carbonyl (C=O) groups excluding carboxylic acids is 1. The van der Waals surface area contributed by atoms with Gasteiger partial charge < -0.3 is 10.1 Å². The molecule has 7 heteroatoms. The van der Waals surface area contributed by atoms with Crippen LogP contribution >= 0.6 is 0 Å². The van der Waals surface area contributed by atoms with E-state index in [1.807, 2.05) is 6.07 Å². The van der Waals surface area contributed by atoms with E-state index in [1.165, 1.54) is 10.7 Å². The molecule has 26 heavy (non-hydrogen) atoms. The summed E-state index contributed by atoms with van der Waals surface area (Å²) in [5.41, 5.74) is 1.03. The van der Waals surface area contributed by atoms with Crippen molar-refractivity contribution in [1.82, 2.24) is 15.1 Å². The Morgan fingerprint density at radius 1 is 1.31 bits per heavy atom. The van der Waals surface area contributed by atoms with Gasteiger partial charge >= 0.3 is 0 Å². The summed E-state index contributed by atoms with van der Waals surface area (Å²) in [7, 11) is 0. The lowest BCUT2D eigenvalue weighted by Gasteiger charge is -2.15. The minimum absolute atomic E-state index is 0.142. The van der Waals surface area contributed by atoms with Gasteiger partial charge in [-0.2, -0.15) is 0 Å². The number of aromatic amines is 1. The summed E-state index contributed by atoms with van der Waals surface area (Å²) in [6.07, 6.45) is 0. The summed E-state index contributed by atoms with van der Waals surface area (Å²) in [4.78, 5) is 24.5. The van der Waals surface area contributed by atoms with Gasteiger partial charge in [0.15, 0.2) is 11.6 Å². The van der Waals surface area contributed by atoms with Crippen LogP contribution in [0.3, 0.4) is 0 Å². The molecule has 0 aliphatic rings. The summed E-state index contributed by atoms with van der Waals surface area (Å²) >= 11 is 0. The first kappa shape index (κ1) is 17.7. The molecule has 0 unspecified atom stereocenters. The second-order valence-electron chi connectivity index (χ2n) is 5.96. The highest BCUT2D eigenvalue weighted by atomic mass is 19.1. The number of hydrogen-bond donors (Lipinski definition) is 2. The highest BCUT2D eigenvalue weighted by molar-refractivity contribution is 5.79. The largest absolute Gasteiger partial charge is 0.491 e. The van der Waals surface area contributed by atoms with Crippen molar-refractivity contribution in [2.45, 2.75) is 26.4 Å². The van der Waals surface area contributed by atoms with Crippen LogP contribution in [0.1, 0.15) is 25.5 Å². The van der Waals surface area contributed by atoms with E-state index in [9.17, 15) is 14.0 Å². The van der Waals surface area contributed by atoms with E-state index in [4.69, 9.17) is 4.74 Å². The molecule has 1 heterocycles. The van der Waals surface area contributed by atoms with Crippen LogP contribution in [0.15, 0.2) is 47.3 Å². The van der Waals surface area contributed by atoms with Crippen molar-refractivity contribution < 1.29 is 13.9 Å². The predicted octanol–water partition coefficient (Wildman–Crippen LogP) is 2.74. The molecule has 0 radical (unpaired) electrons. The Morgan fingerprint density at radius 2 is 2.08 bits per heavy atom. The molecule has 0 aliphatic carbocycles. The summed E-state index contributed by atoms with van der Waals surface area (Å²) in [5, 5.41) is 6.20. The van der Waals surface area contributed by atoms with Gasteiger partial charge in [0.2, 0.25) is 5.91 Å². The summed E-state index contributed by atoms with van der Waals surface area (Å²) in [6.45, 7) is 3.77. The van der Waals surface area contributed by atoms with E-state index in [0.717, 1.165) is 0 Å². The number of nitrogens with one attached hydrogen (secondary N) is 2. The van der Waals surface area contributed by atoms with Crippen LogP contribution in [0.4, 0.5) is 4.39 Å². The molecule has 2 N–H and O–H groups in total. The van der Waals surface area contributed by atoms with Gasteiger partial charge in [-0.05, 0) is 43.7 Å². The SMILES string of the molecule is CCOc1ccc([C@H](C)NC(=O)Cn2[nH]c3ccccc3c2=O)cc1F. The molecule has 3 aromatic rings. The van der Waals surface area contributed by atoms with Gasteiger partial charge in [-0.25, -0.2) is 9.07 Å². The molecule has 0 spiro atoms. The van der Waals surface area contributed by atoms with Gasteiger partial charge in [-0.15, -0.1) is 0 Å². The maximum absolute atomic E-state index is 14.0. The topological polar surface area (TPSA) is 76.1 Å². The zero-order valence-electron chi connectivity index (χ0n) is 14.6. The first-order chi connectivity index (χ1) is 12.5. The van der Waals surface area contributed by atoms with Crippen LogP contribution in [0.25, 0.3) is 10.9 Å².